The molecule has 0 radical (unpaired) electrons. The van der Waals surface area contributed by atoms with Crippen LogP contribution in [0.15, 0.2) is 46.4 Å². The summed E-state index contributed by atoms with van der Waals surface area (Å²) in [5.41, 5.74) is 9.50. The Bertz CT molecular complexity index is 1340. The summed E-state index contributed by atoms with van der Waals surface area (Å²) in [6, 6.07) is 11.2. The predicted molar refractivity (Wildman–Crippen MR) is 134 cm³/mol. The number of aromatic nitrogens is 1. The quantitative estimate of drug-likeness (QED) is 0.520. The Morgan fingerprint density at radius 1 is 1.17 bits per heavy atom. The number of hydrogen-bond donors (Lipinski definition) is 1. The van der Waals surface area contributed by atoms with Crippen molar-refractivity contribution in [2.75, 3.05) is 20.8 Å². The number of esters is 1. The van der Waals surface area contributed by atoms with Crippen LogP contribution in [0.25, 0.3) is 0 Å². The highest BCUT2D eigenvalue weighted by Gasteiger charge is 2.38. The number of allylic oxidation sites excluding steroid dienone is 1. The van der Waals surface area contributed by atoms with Crippen LogP contribution >= 0.6 is 11.8 Å². The number of thioether (sulfide) groups is 1. The van der Waals surface area contributed by atoms with Crippen molar-refractivity contribution in [3.05, 3.63) is 74.5 Å². The molecule has 0 fully saturated rings. The highest BCUT2D eigenvalue weighted by Crippen LogP contribution is 2.45. The number of nitrogens with two attached hydrogens (primary N) is 1. The minimum Gasteiger partial charge on any atom is -0.493 e. The summed E-state index contributed by atoms with van der Waals surface area (Å²) in [6.07, 6.45) is 0. The zero-order valence-corrected chi connectivity index (χ0v) is 21.5. The summed E-state index contributed by atoms with van der Waals surface area (Å²) in [7, 11) is 3.01. The number of ether oxygens (including phenoxy) is 4. The van der Waals surface area contributed by atoms with Gasteiger partial charge in [-0.25, -0.2) is 4.79 Å². The van der Waals surface area contributed by atoms with E-state index < -0.39 is 11.9 Å². The zero-order chi connectivity index (χ0) is 26.4. The Balaban J connectivity index is 2.16. The summed E-state index contributed by atoms with van der Waals surface area (Å²) >= 11 is 1.16. The molecule has 9 nitrogen and oxygen atoms in total. The molecule has 0 saturated carbocycles. The molecule has 1 atom stereocenters. The van der Waals surface area contributed by atoms with Gasteiger partial charge < -0.3 is 24.7 Å². The minimum absolute atomic E-state index is 0.0665. The van der Waals surface area contributed by atoms with Crippen LogP contribution < -0.4 is 15.2 Å². The minimum atomic E-state index is -0.868. The molecule has 2 heterocycles. The van der Waals surface area contributed by atoms with E-state index in [4.69, 9.17) is 24.7 Å². The molecular weight excluding hydrogens is 480 g/mol. The molecule has 186 valence electrons. The first-order chi connectivity index (χ1) is 17.3. The molecule has 0 unspecified atom stereocenters. The maximum atomic E-state index is 13.2. The second kappa shape index (κ2) is 11.5. The van der Waals surface area contributed by atoms with Crippen LogP contribution in [0.4, 0.5) is 0 Å². The standard InChI is InChI=1S/C26H26N4O5S/c1-6-34-25(31)23-22(16-7-8-20(32-4)21(10-16)33-5)18(12-28)24(29)35-26(23)36-13-19-17(11-27)14(2)9-15(3)30-19/h7-10,22H,6,13,29H2,1-5H3/t22-/m1/s1. The van der Waals surface area contributed by atoms with Gasteiger partial charge in [0.1, 0.15) is 17.7 Å². The van der Waals surface area contributed by atoms with Gasteiger partial charge in [0.2, 0.25) is 5.88 Å². The van der Waals surface area contributed by atoms with Gasteiger partial charge in [-0.05, 0) is 50.1 Å². The van der Waals surface area contributed by atoms with Crippen LogP contribution in [0.1, 0.15) is 40.9 Å². The highest BCUT2D eigenvalue weighted by atomic mass is 32.2. The molecule has 2 aromatic rings. The first-order valence-electron chi connectivity index (χ1n) is 11.0. The maximum absolute atomic E-state index is 13.2. The molecule has 0 amide bonds. The van der Waals surface area contributed by atoms with E-state index in [1.165, 1.54) is 14.2 Å². The van der Waals surface area contributed by atoms with Gasteiger partial charge in [-0.15, -0.1) is 0 Å². The summed E-state index contributed by atoms with van der Waals surface area (Å²) in [5, 5.41) is 19.7. The number of carbonyl (C=O) groups excluding carboxylic acids is 1. The lowest BCUT2D eigenvalue weighted by Crippen LogP contribution is -2.25. The third kappa shape index (κ3) is 5.24. The summed E-state index contributed by atoms with van der Waals surface area (Å²) in [5.74, 6) is -0.487. The van der Waals surface area contributed by atoms with E-state index in [-0.39, 0.29) is 34.5 Å². The molecular formula is C26H26N4O5S. The third-order valence-corrected chi connectivity index (χ3v) is 6.48. The third-order valence-electron chi connectivity index (χ3n) is 5.49. The maximum Gasteiger partial charge on any atom is 0.339 e. The van der Waals surface area contributed by atoms with Crippen LogP contribution in [0.3, 0.4) is 0 Å². The number of hydrogen-bond acceptors (Lipinski definition) is 10. The van der Waals surface area contributed by atoms with E-state index in [2.05, 4.69) is 17.1 Å². The molecule has 1 aliphatic rings. The van der Waals surface area contributed by atoms with E-state index in [9.17, 15) is 15.3 Å². The first kappa shape index (κ1) is 26.5. The van der Waals surface area contributed by atoms with Crippen molar-refractivity contribution < 1.29 is 23.7 Å². The monoisotopic (exact) mass is 506 g/mol. The van der Waals surface area contributed by atoms with Crippen LogP contribution in [-0.2, 0) is 20.0 Å². The highest BCUT2D eigenvalue weighted by molar-refractivity contribution is 8.02. The van der Waals surface area contributed by atoms with Gasteiger partial charge in [-0.3, -0.25) is 4.98 Å². The van der Waals surface area contributed by atoms with Crippen molar-refractivity contribution in [1.29, 1.82) is 10.5 Å². The predicted octanol–water partition coefficient (Wildman–Crippen LogP) is 4.10. The Morgan fingerprint density at radius 2 is 1.89 bits per heavy atom. The molecule has 3 rings (SSSR count). The Morgan fingerprint density at radius 3 is 2.50 bits per heavy atom. The molecule has 0 aliphatic carbocycles. The molecule has 1 aromatic heterocycles. The normalized spacial score (nSPS) is 15.0. The van der Waals surface area contributed by atoms with E-state index in [1.807, 2.05) is 19.9 Å². The molecule has 1 aromatic carbocycles. The Labute approximate surface area is 214 Å². The molecule has 0 bridgehead atoms. The summed E-state index contributed by atoms with van der Waals surface area (Å²) < 4.78 is 21.9. The van der Waals surface area contributed by atoms with Crippen molar-refractivity contribution in [1.82, 2.24) is 4.98 Å². The number of pyridine rings is 1. The summed E-state index contributed by atoms with van der Waals surface area (Å²) in [6.45, 7) is 5.50. The first-order valence-corrected chi connectivity index (χ1v) is 12.0. The fourth-order valence-electron chi connectivity index (χ4n) is 3.92. The largest absolute Gasteiger partial charge is 0.493 e. The number of carbonyl (C=O) groups is 1. The van der Waals surface area contributed by atoms with Crippen molar-refractivity contribution in [3.63, 3.8) is 0 Å². The number of benzene rings is 1. The number of nitrogens with zero attached hydrogens (tertiary/aromatic N) is 3. The van der Waals surface area contributed by atoms with Crippen molar-refractivity contribution in [3.8, 4) is 23.6 Å². The van der Waals surface area contributed by atoms with Gasteiger partial charge >= 0.3 is 5.97 Å². The number of methoxy groups -OCH3 is 2. The SMILES string of the molecule is CCOC(=O)C1=C(SCc2nc(C)cc(C)c2C#N)OC(N)=C(C#N)[C@H]1c1ccc(OC)c(OC)c1. The molecule has 10 heteroatoms. The van der Waals surface area contributed by atoms with Gasteiger partial charge in [-0.2, -0.15) is 10.5 Å². The number of rotatable bonds is 8. The van der Waals surface area contributed by atoms with Gasteiger partial charge in [0.15, 0.2) is 16.6 Å². The van der Waals surface area contributed by atoms with E-state index in [0.717, 1.165) is 23.0 Å². The van der Waals surface area contributed by atoms with Gasteiger partial charge in [0.25, 0.3) is 0 Å². The van der Waals surface area contributed by atoms with Crippen LogP contribution in [0, 0.1) is 36.5 Å². The van der Waals surface area contributed by atoms with Crippen molar-refractivity contribution in [2.24, 2.45) is 5.73 Å². The lowest BCUT2D eigenvalue weighted by molar-refractivity contribution is -0.139. The van der Waals surface area contributed by atoms with Crippen LogP contribution in [0.5, 0.6) is 11.5 Å². The fourth-order valence-corrected chi connectivity index (χ4v) is 4.90. The lowest BCUT2D eigenvalue weighted by atomic mass is 9.84. The van der Waals surface area contributed by atoms with Crippen LogP contribution in [-0.4, -0.2) is 31.8 Å². The lowest BCUT2D eigenvalue weighted by Gasteiger charge is -2.28. The smallest absolute Gasteiger partial charge is 0.339 e. The fraction of sp³-hybridized carbons (Fsp3) is 0.308. The molecule has 36 heavy (non-hydrogen) atoms. The van der Waals surface area contributed by atoms with Crippen molar-refractivity contribution >= 4 is 17.7 Å². The topological polar surface area (TPSA) is 140 Å². The average molecular weight is 507 g/mol. The van der Waals surface area contributed by atoms with Crippen molar-refractivity contribution in [2.45, 2.75) is 32.4 Å². The molecule has 0 spiro atoms. The van der Waals surface area contributed by atoms with E-state index in [1.54, 1.807) is 25.1 Å². The van der Waals surface area contributed by atoms with Gasteiger partial charge in [0, 0.05) is 11.4 Å². The average Bonchev–Trinajstić information content (AvgIpc) is 2.86. The van der Waals surface area contributed by atoms with Crippen LogP contribution in [0.2, 0.25) is 0 Å². The van der Waals surface area contributed by atoms with E-state index >= 15 is 0 Å². The molecule has 1 aliphatic heterocycles. The second-order valence-corrected chi connectivity index (χ2v) is 8.71. The molecule has 0 saturated heterocycles. The summed E-state index contributed by atoms with van der Waals surface area (Å²) in [4.78, 5) is 17.7. The zero-order valence-electron chi connectivity index (χ0n) is 20.7. The Hall–Kier alpha value is -4.15. The van der Waals surface area contributed by atoms with Gasteiger partial charge in [0.05, 0.1) is 43.6 Å². The number of nitriles is 2. The number of aryl methyl sites for hydroxylation is 2. The van der Waals surface area contributed by atoms with Gasteiger partial charge in [-0.1, -0.05) is 17.8 Å². The second-order valence-electron chi connectivity index (χ2n) is 7.76. The van der Waals surface area contributed by atoms with E-state index in [0.29, 0.717) is 28.3 Å². The molecule has 2 N–H and O–H groups in total. The Kier molecular flexibility index (Phi) is 8.46.